The maximum absolute atomic E-state index is 12.0. The van der Waals surface area contributed by atoms with E-state index in [9.17, 15) is 4.79 Å². The summed E-state index contributed by atoms with van der Waals surface area (Å²) < 4.78 is 1.58. The number of nitrogens with two attached hydrogens (primary N) is 1. The summed E-state index contributed by atoms with van der Waals surface area (Å²) in [6.07, 6.45) is 0. The van der Waals surface area contributed by atoms with Crippen LogP contribution in [0.3, 0.4) is 0 Å². The molecule has 0 fully saturated rings. The average Bonchev–Trinajstić information content (AvgIpc) is 2.62. The third-order valence-electron chi connectivity index (χ3n) is 2.79. The van der Waals surface area contributed by atoms with Crippen LogP contribution in [0.1, 0.15) is 17.2 Å². The molecule has 0 aliphatic carbocycles. The first-order valence-electron chi connectivity index (χ1n) is 6.00. The second-order valence-corrected chi connectivity index (χ2v) is 4.49. The number of nitrogen functional groups attached to an aromatic ring is 1. The van der Waals surface area contributed by atoms with Gasteiger partial charge in [0, 0.05) is 11.4 Å². The van der Waals surface area contributed by atoms with Crippen molar-refractivity contribution >= 4 is 17.3 Å². The van der Waals surface area contributed by atoms with Crippen molar-refractivity contribution in [2.45, 2.75) is 27.3 Å². The molecule has 2 aromatic rings. The van der Waals surface area contributed by atoms with Gasteiger partial charge >= 0.3 is 0 Å². The zero-order valence-corrected chi connectivity index (χ0v) is 11.3. The first-order chi connectivity index (χ1) is 8.95. The molecule has 0 aliphatic rings. The van der Waals surface area contributed by atoms with Gasteiger partial charge in [0.05, 0.1) is 0 Å². The van der Waals surface area contributed by atoms with Crippen molar-refractivity contribution in [3.05, 3.63) is 35.4 Å². The van der Waals surface area contributed by atoms with Gasteiger partial charge < -0.3 is 11.1 Å². The van der Waals surface area contributed by atoms with E-state index in [0.29, 0.717) is 11.5 Å². The van der Waals surface area contributed by atoms with Gasteiger partial charge in [0.15, 0.2) is 0 Å². The molecule has 2 rings (SSSR count). The van der Waals surface area contributed by atoms with Crippen LogP contribution in [0.25, 0.3) is 0 Å². The molecule has 3 N–H and O–H groups in total. The number of carbonyl (C=O) groups is 1. The van der Waals surface area contributed by atoms with Gasteiger partial charge in [0.1, 0.15) is 18.2 Å². The van der Waals surface area contributed by atoms with E-state index in [0.717, 1.165) is 17.1 Å². The number of rotatable bonds is 3. The van der Waals surface area contributed by atoms with Gasteiger partial charge in [0.2, 0.25) is 5.91 Å². The highest BCUT2D eigenvalue weighted by Gasteiger charge is 2.09. The minimum Gasteiger partial charge on any atom is -0.399 e. The number of hydrogen-bond acceptors (Lipinski definition) is 4. The van der Waals surface area contributed by atoms with E-state index >= 15 is 0 Å². The number of anilines is 2. The molecule has 1 heterocycles. The van der Waals surface area contributed by atoms with Crippen molar-refractivity contribution in [1.82, 2.24) is 14.8 Å². The highest BCUT2D eigenvalue weighted by atomic mass is 16.2. The second kappa shape index (κ2) is 5.09. The minimum atomic E-state index is -0.151. The third kappa shape index (κ3) is 3.09. The fourth-order valence-corrected chi connectivity index (χ4v) is 1.81. The van der Waals surface area contributed by atoms with Crippen LogP contribution in [0.4, 0.5) is 11.4 Å². The first-order valence-corrected chi connectivity index (χ1v) is 6.00. The summed E-state index contributed by atoms with van der Waals surface area (Å²) in [5.41, 5.74) is 8.01. The number of aromatic nitrogens is 3. The quantitative estimate of drug-likeness (QED) is 0.816. The number of aryl methyl sites for hydroxylation is 3. The minimum absolute atomic E-state index is 0.140. The molecule has 100 valence electrons. The predicted molar refractivity (Wildman–Crippen MR) is 73.7 cm³/mol. The summed E-state index contributed by atoms with van der Waals surface area (Å²) in [7, 11) is 0. The molecule has 19 heavy (non-hydrogen) atoms. The van der Waals surface area contributed by atoms with Crippen LogP contribution in [-0.2, 0) is 11.3 Å². The summed E-state index contributed by atoms with van der Waals surface area (Å²) in [4.78, 5) is 16.1. The Kier molecular flexibility index (Phi) is 3.50. The number of hydrogen-bond donors (Lipinski definition) is 2. The number of nitrogens with one attached hydrogen (secondary N) is 1. The molecule has 0 unspecified atom stereocenters. The monoisotopic (exact) mass is 259 g/mol. The Morgan fingerprint density at radius 1 is 1.37 bits per heavy atom. The van der Waals surface area contributed by atoms with Crippen LogP contribution in [0.2, 0.25) is 0 Å². The summed E-state index contributed by atoms with van der Waals surface area (Å²) in [5, 5.41) is 6.98. The Hall–Kier alpha value is -2.37. The van der Waals surface area contributed by atoms with Crippen LogP contribution in [0.5, 0.6) is 0 Å². The Labute approximate surface area is 111 Å². The number of carbonyl (C=O) groups excluding carboxylic acids is 1. The highest BCUT2D eigenvalue weighted by molar-refractivity contribution is 5.91. The number of amides is 1. The van der Waals surface area contributed by atoms with Gasteiger partial charge in [-0.05, 0) is 38.5 Å². The smallest absolute Gasteiger partial charge is 0.246 e. The lowest BCUT2D eigenvalue weighted by Gasteiger charge is -2.09. The third-order valence-corrected chi connectivity index (χ3v) is 2.79. The SMILES string of the molecule is Cc1nc(C)n(CC(=O)Nc2cc(N)ccc2C)n1. The van der Waals surface area contributed by atoms with Crippen molar-refractivity contribution in [3.8, 4) is 0 Å². The van der Waals surface area contributed by atoms with Crippen molar-refractivity contribution in [2.75, 3.05) is 11.1 Å². The van der Waals surface area contributed by atoms with Gasteiger partial charge in [-0.25, -0.2) is 9.67 Å². The molecule has 1 aromatic heterocycles. The topological polar surface area (TPSA) is 85.8 Å². The van der Waals surface area contributed by atoms with Crippen molar-refractivity contribution in [1.29, 1.82) is 0 Å². The summed E-state index contributed by atoms with van der Waals surface area (Å²) in [6, 6.07) is 5.42. The lowest BCUT2D eigenvalue weighted by Crippen LogP contribution is -2.21. The van der Waals surface area contributed by atoms with Crippen molar-refractivity contribution in [2.24, 2.45) is 0 Å². The van der Waals surface area contributed by atoms with Crippen LogP contribution >= 0.6 is 0 Å². The molecule has 6 heteroatoms. The van der Waals surface area contributed by atoms with Gasteiger partial charge in [-0.3, -0.25) is 4.79 Å². The van der Waals surface area contributed by atoms with Gasteiger partial charge in [0.25, 0.3) is 0 Å². The number of nitrogens with zero attached hydrogens (tertiary/aromatic N) is 3. The highest BCUT2D eigenvalue weighted by Crippen LogP contribution is 2.18. The maximum Gasteiger partial charge on any atom is 0.246 e. The molecule has 1 amide bonds. The summed E-state index contributed by atoms with van der Waals surface area (Å²) in [6.45, 7) is 5.67. The molecular formula is C13H17N5O. The Balaban J connectivity index is 2.09. The standard InChI is InChI=1S/C13H17N5O/c1-8-4-5-11(14)6-12(8)16-13(19)7-18-10(3)15-9(2)17-18/h4-6H,7,14H2,1-3H3,(H,16,19). The van der Waals surface area contributed by atoms with E-state index in [4.69, 9.17) is 5.73 Å². The molecule has 1 aromatic carbocycles. The van der Waals surface area contributed by atoms with Crippen molar-refractivity contribution < 1.29 is 4.79 Å². The molecule has 0 spiro atoms. The van der Waals surface area contributed by atoms with Gasteiger partial charge in [-0.1, -0.05) is 6.07 Å². The van der Waals surface area contributed by atoms with Crippen LogP contribution in [0, 0.1) is 20.8 Å². The molecule has 0 saturated heterocycles. The van der Waals surface area contributed by atoms with E-state index in [1.165, 1.54) is 0 Å². The molecular weight excluding hydrogens is 242 g/mol. The normalized spacial score (nSPS) is 10.5. The molecule has 6 nitrogen and oxygen atoms in total. The van der Waals surface area contributed by atoms with E-state index < -0.39 is 0 Å². The van der Waals surface area contributed by atoms with Crippen LogP contribution in [0.15, 0.2) is 18.2 Å². The Bertz CT molecular complexity index is 617. The van der Waals surface area contributed by atoms with E-state index in [-0.39, 0.29) is 12.5 Å². The largest absolute Gasteiger partial charge is 0.399 e. The Morgan fingerprint density at radius 2 is 2.11 bits per heavy atom. The van der Waals surface area contributed by atoms with Crippen LogP contribution < -0.4 is 11.1 Å². The molecule has 0 saturated carbocycles. The fraction of sp³-hybridized carbons (Fsp3) is 0.308. The maximum atomic E-state index is 12.0. The van der Waals surface area contributed by atoms with E-state index in [1.54, 1.807) is 23.7 Å². The average molecular weight is 259 g/mol. The zero-order valence-electron chi connectivity index (χ0n) is 11.3. The van der Waals surface area contributed by atoms with Gasteiger partial charge in [-0.2, -0.15) is 5.10 Å². The number of benzene rings is 1. The second-order valence-electron chi connectivity index (χ2n) is 4.49. The van der Waals surface area contributed by atoms with Gasteiger partial charge in [-0.15, -0.1) is 0 Å². The van der Waals surface area contributed by atoms with E-state index in [2.05, 4.69) is 15.4 Å². The summed E-state index contributed by atoms with van der Waals surface area (Å²) >= 11 is 0. The lowest BCUT2D eigenvalue weighted by molar-refractivity contribution is -0.116. The molecule has 0 radical (unpaired) electrons. The lowest BCUT2D eigenvalue weighted by atomic mass is 10.2. The Morgan fingerprint density at radius 3 is 2.74 bits per heavy atom. The first kappa shape index (κ1) is 13.1. The van der Waals surface area contributed by atoms with Crippen molar-refractivity contribution in [3.63, 3.8) is 0 Å². The summed E-state index contributed by atoms with van der Waals surface area (Å²) in [5.74, 6) is 1.23. The van der Waals surface area contributed by atoms with E-state index in [1.807, 2.05) is 19.9 Å². The molecule has 0 atom stereocenters. The zero-order chi connectivity index (χ0) is 14.0. The molecule has 0 aliphatic heterocycles. The van der Waals surface area contributed by atoms with Crippen LogP contribution in [-0.4, -0.2) is 20.7 Å². The molecule has 0 bridgehead atoms. The predicted octanol–water partition coefficient (Wildman–Crippen LogP) is 1.42. The fourth-order valence-electron chi connectivity index (χ4n) is 1.81.